The number of halogens is 1. The molecule has 0 aliphatic carbocycles. The maximum Gasteiger partial charge on any atom is 0.236 e. The van der Waals surface area contributed by atoms with E-state index in [1.54, 1.807) is 0 Å². The molecule has 1 N–H and O–H groups in total. The molecule has 3 aliphatic rings. The molecule has 2 atom stereocenters. The molecule has 3 heterocycles. The van der Waals surface area contributed by atoms with Gasteiger partial charge in [0.2, 0.25) is 5.91 Å². The van der Waals surface area contributed by atoms with E-state index in [-0.39, 0.29) is 17.9 Å². The summed E-state index contributed by atoms with van der Waals surface area (Å²) < 4.78 is 0. The molecule has 0 bridgehead atoms. The van der Waals surface area contributed by atoms with Crippen molar-refractivity contribution < 1.29 is 9.90 Å². The Kier molecular flexibility index (Phi) is 5.74. The molecule has 0 aromatic heterocycles. The standard InChI is InChI=1S/C21H30ClN3O2/c22-19-6-4-17(5-7-19)10-23-11-18-12-24(15-21(18,14-23)16-26)13-20(27)25-8-2-1-3-9-25/h4-7,18,26H,1-3,8-16H2. The van der Waals surface area contributed by atoms with Crippen LogP contribution < -0.4 is 0 Å². The predicted molar refractivity (Wildman–Crippen MR) is 107 cm³/mol. The first kappa shape index (κ1) is 19.2. The van der Waals surface area contributed by atoms with Crippen molar-refractivity contribution in [1.82, 2.24) is 14.7 Å². The third-order valence-electron chi connectivity index (χ3n) is 6.60. The number of carbonyl (C=O) groups is 1. The Morgan fingerprint density at radius 2 is 1.74 bits per heavy atom. The van der Waals surface area contributed by atoms with Crippen molar-refractivity contribution in [3.63, 3.8) is 0 Å². The summed E-state index contributed by atoms with van der Waals surface area (Å²) in [7, 11) is 0. The van der Waals surface area contributed by atoms with Crippen LogP contribution in [0, 0.1) is 11.3 Å². The Hall–Kier alpha value is -1.14. The highest BCUT2D eigenvalue weighted by molar-refractivity contribution is 6.30. The normalized spacial score (nSPS) is 29.3. The summed E-state index contributed by atoms with van der Waals surface area (Å²) in [5.74, 6) is 0.699. The van der Waals surface area contributed by atoms with Crippen molar-refractivity contribution in [2.75, 3.05) is 52.4 Å². The Balaban J connectivity index is 1.33. The van der Waals surface area contributed by atoms with Crippen LogP contribution in [-0.4, -0.2) is 78.1 Å². The molecule has 0 spiro atoms. The van der Waals surface area contributed by atoms with E-state index in [4.69, 9.17) is 11.6 Å². The number of fused-ring (bicyclic) bond motifs is 1. The molecule has 4 rings (SSSR count). The number of rotatable bonds is 5. The van der Waals surface area contributed by atoms with Crippen LogP contribution in [-0.2, 0) is 11.3 Å². The van der Waals surface area contributed by atoms with Gasteiger partial charge in [-0.05, 0) is 42.9 Å². The van der Waals surface area contributed by atoms with Crippen molar-refractivity contribution in [1.29, 1.82) is 0 Å². The number of benzene rings is 1. The molecular formula is C21H30ClN3O2. The molecule has 1 aromatic carbocycles. The maximum absolute atomic E-state index is 12.6. The van der Waals surface area contributed by atoms with E-state index in [1.165, 1.54) is 12.0 Å². The van der Waals surface area contributed by atoms with E-state index in [2.05, 4.69) is 21.9 Å². The summed E-state index contributed by atoms with van der Waals surface area (Å²) in [4.78, 5) is 19.3. The third-order valence-corrected chi connectivity index (χ3v) is 6.85. The van der Waals surface area contributed by atoms with Gasteiger partial charge in [-0.2, -0.15) is 0 Å². The van der Waals surface area contributed by atoms with E-state index < -0.39 is 0 Å². The van der Waals surface area contributed by atoms with Gasteiger partial charge in [0.15, 0.2) is 0 Å². The lowest BCUT2D eigenvalue weighted by atomic mass is 9.82. The zero-order chi connectivity index (χ0) is 18.9. The second kappa shape index (κ2) is 8.08. The number of aliphatic hydroxyl groups excluding tert-OH is 1. The van der Waals surface area contributed by atoms with Crippen LogP contribution >= 0.6 is 11.6 Å². The van der Waals surface area contributed by atoms with Crippen LogP contribution in [0.5, 0.6) is 0 Å². The Morgan fingerprint density at radius 1 is 1.07 bits per heavy atom. The number of nitrogens with zero attached hydrogens (tertiary/aromatic N) is 3. The zero-order valence-corrected chi connectivity index (χ0v) is 16.7. The van der Waals surface area contributed by atoms with Crippen LogP contribution in [0.1, 0.15) is 24.8 Å². The van der Waals surface area contributed by atoms with Gasteiger partial charge in [-0.25, -0.2) is 0 Å². The van der Waals surface area contributed by atoms with Gasteiger partial charge >= 0.3 is 0 Å². The van der Waals surface area contributed by atoms with Gasteiger partial charge in [-0.1, -0.05) is 23.7 Å². The summed E-state index contributed by atoms with van der Waals surface area (Å²) in [6.45, 7) is 7.04. The Morgan fingerprint density at radius 3 is 2.41 bits per heavy atom. The van der Waals surface area contributed by atoms with E-state index in [1.807, 2.05) is 17.0 Å². The van der Waals surface area contributed by atoms with E-state index in [0.29, 0.717) is 12.5 Å². The third kappa shape index (κ3) is 4.16. The van der Waals surface area contributed by atoms with Crippen LogP contribution in [0.25, 0.3) is 0 Å². The van der Waals surface area contributed by atoms with Gasteiger partial charge in [-0.3, -0.25) is 14.6 Å². The topological polar surface area (TPSA) is 47.0 Å². The van der Waals surface area contributed by atoms with Crippen molar-refractivity contribution >= 4 is 17.5 Å². The van der Waals surface area contributed by atoms with Crippen molar-refractivity contribution in [2.24, 2.45) is 11.3 Å². The van der Waals surface area contributed by atoms with Crippen LogP contribution in [0.4, 0.5) is 0 Å². The monoisotopic (exact) mass is 391 g/mol. The van der Waals surface area contributed by atoms with Crippen molar-refractivity contribution in [2.45, 2.75) is 25.8 Å². The number of aliphatic hydroxyl groups is 1. The van der Waals surface area contributed by atoms with Crippen molar-refractivity contribution in [3.8, 4) is 0 Å². The molecule has 2 unspecified atom stereocenters. The molecule has 1 aromatic rings. The molecule has 3 saturated heterocycles. The van der Waals surface area contributed by atoms with Gasteiger partial charge in [-0.15, -0.1) is 0 Å². The number of carbonyl (C=O) groups excluding carboxylic acids is 1. The number of hydrogen-bond donors (Lipinski definition) is 1. The summed E-state index contributed by atoms with van der Waals surface area (Å²) in [5, 5.41) is 10.9. The van der Waals surface area contributed by atoms with Gasteiger partial charge in [0.1, 0.15) is 0 Å². The Labute approximate surface area is 166 Å². The van der Waals surface area contributed by atoms with E-state index >= 15 is 0 Å². The predicted octanol–water partition coefficient (Wildman–Crippen LogP) is 2.08. The average molecular weight is 392 g/mol. The largest absolute Gasteiger partial charge is 0.396 e. The molecule has 5 nitrogen and oxygen atoms in total. The lowest BCUT2D eigenvalue weighted by Gasteiger charge is -2.30. The number of hydrogen-bond acceptors (Lipinski definition) is 4. The summed E-state index contributed by atoms with van der Waals surface area (Å²) in [6.07, 6.45) is 3.51. The minimum absolute atomic E-state index is 0.0887. The number of amides is 1. The van der Waals surface area contributed by atoms with Gasteiger partial charge in [0, 0.05) is 56.3 Å². The van der Waals surface area contributed by atoms with Crippen LogP contribution in [0.15, 0.2) is 24.3 Å². The molecule has 27 heavy (non-hydrogen) atoms. The molecule has 3 fully saturated rings. The second-order valence-corrected chi connectivity index (χ2v) is 9.06. The first-order valence-corrected chi connectivity index (χ1v) is 10.5. The quantitative estimate of drug-likeness (QED) is 0.834. The van der Waals surface area contributed by atoms with Crippen LogP contribution in [0.2, 0.25) is 5.02 Å². The highest BCUT2D eigenvalue weighted by Crippen LogP contribution is 2.42. The highest BCUT2D eigenvalue weighted by Gasteiger charge is 2.52. The fourth-order valence-corrected chi connectivity index (χ4v) is 5.27. The van der Waals surface area contributed by atoms with Gasteiger partial charge in [0.25, 0.3) is 0 Å². The lowest BCUT2D eigenvalue weighted by molar-refractivity contribution is -0.133. The molecule has 0 radical (unpaired) electrons. The fraction of sp³-hybridized carbons (Fsp3) is 0.667. The molecule has 6 heteroatoms. The lowest BCUT2D eigenvalue weighted by Crippen LogP contribution is -2.44. The molecule has 0 saturated carbocycles. The Bertz CT molecular complexity index is 662. The molecule has 1 amide bonds. The SMILES string of the molecule is O=C(CN1CC2CN(Cc3ccc(Cl)cc3)CC2(CO)C1)N1CCCCC1. The number of likely N-dealkylation sites (tertiary alicyclic amines) is 3. The fourth-order valence-electron chi connectivity index (χ4n) is 5.15. The summed E-state index contributed by atoms with van der Waals surface area (Å²) in [6, 6.07) is 8.02. The van der Waals surface area contributed by atoms with E-state index in [9.17, 15) is 9.90 Å². The minimum atomic E-state index is -0.0887. The van der Waals surface area contributed by atoms with Crippen molar-refractivity contribution in [3.05, 3.63) is 34.9 Å². The van der Waals surface area contributed by atoms with Gasteiger partial charge in [0.05, 0.1) is 13.2 Å². The molecule has 3 aliphatic heterocycles. The minimum Gasteiger partial charge on any atom is -0.396 e. The number of piperidine rings is 1. The van der Waals surface area contributed by atoms with Crippen LogP contribution in [0.3, 0.4) is 0 Å². The first-order chi connectivity index (χ1) is 13.1. The first-order valence-electron chi connectivity index (χ1n) is 10.2. The summed E-state index contributed by atoms with van der Waals surface area (Å²) in [5.41, 5.74) is 1.17. The molecular weight excluding hydrogens is 362 g/mol. The second-order valence-electron chi connectivity index (χ2n) is 8.62. The summed E-state index contributed by atoms with van der Waals surface area (Å²) >= 11 is 5.98. The van der Waals surface area contributed by atoms with E-state index in [0.717, 1.165) is 63.7 Å². The smallest absolute Gasteiger partial charge is 0.236 e. The average Bonchev–Trinajstić information content (AvgIpc) is 3.17. The highest BCUT2D eigenvalue weighted by atomic mass is 35.5. The van der Waals surface area contributed by atoms with Gasteiger partial charge < -0.3 is 10.0 Å². The zero-order valence-electron chi connectivity index (χ0n) is 15.9. The maximum atomic E-state index is 12.6. The molecule has 148 valence electrons.